The molecule has 0 saturated carbocycles. The Morgan fingerprint density at radius 1 is 0.927 bits per heavy atom. The van der Waals surface area contributed by atoms with Gasteiger partial charge >= 0.3 is 7.12 Å². The van der Waals surface area contributed by atoms with E-state index in [1.54, 1.807) is 0 Å². The number of allylic oxidation sites excluding steroid dienone is 7. The van der Waals surface area contributed by atoms with Crippen LogP contribution < -0.4 is 10.4 Å². The van der Waals surface area contributed by atoms with E-state index in [1.165, 1.54) is 0 Å². The van der Waals surface area contributed by atoms with E-state index in [0.717, 1.165) is 56.7 Å². The summed E-state index contributed by atoms with van der Waals surface area (Å²) in [6.07, 6.45) is 17.7. The van der Waals surface area contributed by atoms with Crippen LogP contribution in [-0.4, -0.2) is 28.3 Å². The fourth-order valence-electron chi connectivity index (χ4n) is 5.13. The predicted octanol–water partition coefficient (Wildman–Crippen LogP) is 7.98. The molecule has 0 bridgehead atoms. The summed E-state index contributed by atoms with van der Waals surface area (Å²) in [4.78, 5) is 2.20. The number of aromatic nitrogens is 1. The normalized spacial score (nSPS) is 15.3. The van der Waals surface area contributed by atoms with Gasteiger partial charge in [-0.3, -0.25) is 0 Å². The first kappa shape index (κ1) is 29.7. The maximum Gasteiger partial charge on any atom is 0.488 e. The smallest absolute Gasteiger partial charge is 0.423 e. The van der Waals surface area contributed by atoms with Crippen LogP contribution >= 0.6 is 0 Å². The van der Waals surface area contributed by atoms with E-state index in [9.17, 15) is 10.0 Å². The zero-order chi connectivity index (χ0) is 29.4. The van der Waals surface area contributed by atoms with Crippen molar-refractivity contribution in [3.8, 4) is 5.69 Å². The van der Waals surface area contributed by atoms with Crippen molar-refractivity contribution in [1.29, 1.82) is 0 Å². The van der Waals surface area contributed by atoms with Crippen LogP contribution in [0.2, 0.25) is 0 Å². The molecule has 0 aliphatic carbocycles. The van der Waals surface area contributed by atoms with E-state index in [0.29, 0.717) is 12.0 Å². The average molecular weight is 543 g/mol. The molecule has 1 aromatic heterocycles. The van der Waals surface area contributed by atoms with Gasteiger partial charge in [0.1, 0.15) is 0 Å². The first-order valence-electron chi connectivity index (χ1n) is 14.3. The highest BCUT2D eigenvalue weighted by Gasteiger charge is 2.20. The van der Waals surface area contributed by atoms with Gasteiger partial charge in [-0.25, -0.2) is 0 Å². The molecule has 0 fully saturated rings. The van der Waals surface area contributed by atoms with E-state index in [1.807, 2.05) is 63.2 Å². The van der Waals surface area contributed by atoms with Gasteiger partial charge in [0.15, 0.2) is 0 Å². The van der Waals surface area contributed by atoms with E-state index >= 15 is 0 Å². The summed E-state index contributed by atoms with van der Waals surface area (Å²) in [7, 11) is -1.61. The molecule has 0 atom stereocenters. The number of anilines is 2. The van der Waals surface area contributed by atoms with Gasteiger partial charge in [-0.05, 0) is 67.7 Å². The molecule has 4 nitrogen and oxygen atoms in total. The second-order valence-corrected chi connectivity index (χ2v) is 9.78. The van der Waals surface area contributed by atoms with Crippen molar-refractivity contribution in [3.05, 3.63) is 133 Å². The van der Waals surface area contributed by atoms with Gasteiger partial charge in [0.05, 0.1) is 5.52 Å². The summed E-state index contributed by atoms with van der Waals surface area (Å²) in [5.41, 5.74) is 8.45. The molecule has 2 heterocycles. The van der Waals surface area contributed by atoms with E-state index < -0.39 is 7.12 Å². The lowest BCUT2D eigenvalue weighted by Crippen LogP contribution is -2.31. The average Bonchev–Trinajstić information content (AvgIpc) is 3.35. The Kier molecular flexibility index (Phi) is 10.0. The fourth-order valence-corrected chi connectivity index (χ4v) is 5.13. The molecular formula is C36H39BN2O2. The Morgan fingerprint density at radius 2 is 1.66 bits per heavy atom. The van der Waals surface area contributed by atoms with Crippen molar-refractivity contribution in [2.75, 3.05) is 11.4 Å². The zero-order valence-electron chi connectivity index (χ0n) is 24.5. The van der Waals surface area contributed by atoms with Gasteiger partial charge in [0.2, 0.25) is 0 Å². The topological polar surface area (TPSA) is 48.6 Å². The number of nitrogens with zero attached hydrogens (tertiary/aromatic N) is 2. The molecule has 0 unspecified atom stereocenters. The largest absolute Gasteiger partial charge is 0.488 e. The first-order valence-corrected chi connectivity index (χ1v) is 14.3. The molecule has 41 heavy (non-hydrogen) atoms. The van der Waals surface area contributed by atoms with Crippen molar-refractivity contribution in [2.24, 2.45) is 0 Å². The number of benzene rings is 3. The summed E-state index contributed by atoms with van der Waals surface area (Å²) >= 11 is 0. The molecule has 0 amide bonds. The Hall–Kier alpha value is -4.32. The van der Waals surface area contributed by atoms with Crippen LogP contribution in [0.15, 0.2) is 122 Å². The quantitative estimate of drug-likeness (QED) is 0.153. The minimum atomic E-state index is -1.61. The Labute approximate surface area is 244 Å². The van der Waals surface area contributed by atoms with Crippen molar-refractivity contribution < 1.29 is 10.0 Å². The first-order chi connectivity index (χ1) is 20.0. The Morgan fingerprint density at radius 3 is 2.44 bits per heavy atom. The molecule has 1 aliphatic heterocycles. The lowest BCUT2D eigenvalue weighted by molar-refractivity contribution is 0.426. The molecule has 0 saturated heterocycles. The highest BCUT2D eigenvalue weighted by atomic mass is 16.4. The molecule has 208 valence electrons. The number of rotatable bonds is 5. The zero-order valence-corrected chi connectivity index (χ0v) is 24.5. The highest BCUT2D eigenvalue weighted by Crippen LogP contribution is 2.35. The molecule has 2 N–H and O–H groups in total. The van der Waals surface area contributed by atoms with Crippen LogP contribution in [0.3, 0.4) is 0 Å². The van der Waals surface area contributed by atoms with Gasteiger partial charge in [-0.2, -0.15) is 0 Å². The van der Waals surface area contributed by atoms with Crippen LogP contribution in [0.25, 0.3) is 28.2 Å². The van der Waals surface area contributed by atoms with Crippen LogP contribution in [0.5, 0.6) is 0 Å². The number of fused-ring (bicyclic) bond motifs is 2. The third-order valence-electron chi connectivity index (χ3n) is 6.96. The van der Waals surface area contributed by atoms with Crippen LogP contribution in [0, 0.1) is 0 Å². The van der Waals surface area contributed by atoms with Crippen molar-refractivity contribution in [2.45, 2.75) is 34.1 Å². The highest BCUT2D eigenvalue weighted by molar-refractivity contribution is 6.58. The standard InChI is InChI=1S/C34H33BN2O2.C2H6/c1-4-13-25(2)20-27-24-37(34-18-11-9-16-32(27)34)30-22-28(35(38)39)21-29(23-30)36-19-12-6-5-7-14-26(3)31-15-8-10-17-33(31)36;1-2/h4,6-18,20-24,38-39H,3,5,19H2,1-2H3;1-2H3/b12-6-,13-4-,14-7-,25-20-;. The van der Waals surface area contributed by atoms with E-state index in [4.69, 9.17) is 0 Å². The number of para-hydroxylation sites is 2. The second-order valence-electron chi connectivity index (χ2n) is 9.78. The molecule has 1 aliphatic rings. The van der Waals surface area contributed by atoms with E-state index in [-0.39, 0.29) is 0 Å². The second kappa shape index (κ2) is 13.8. The Bertz CT molecular complexity index is 1640. The maximum atomic E-state index is 10.3. The molecule has 5 rings (SSSR count). The van der Waals surface area contributed by atoms with Gasteiger partial charge in [-0.15, -0.1) is 0 Å². The van der Waals surface area contributed by atoms with Crippen LogP contribution in [0.4, 0.5) is 11.4 Å². The number of hydrogen-bond donors (Lipinski definition) is 2. The van der Waals surface area contributed by atoms with Gasteiger partial charge in [0, 0.05) is 46.3 Å². The van der Waals surface area contributed by atoms with Gasteiger partial charge in [-0.1, -0.05) is 98.9 Å². The number of hydrogen-bond acceptors (Lipinski definition) is 3. The molecule has 4 aromatic rings. The monoisotopic (exact) mass is 542 g/mol. The van der Waals surface area contributed by atoms with Crippen LogP contribution in [0.1, 0.15) is 45.2 Å². The Balaban J connectivity index is 0.00000189. The van der Waals surface area contributed by atoms with E-state index in [2.05, 4.69) is 96.0 Å². The predicted molar refractivity (Wildman–Crippen MR) is 178 cm³/mol. The summed E-state index contributed by atoms with van der Waals surface area (Å²) in [5, 5.41) is 21.7. The molecule has 3 aromatic carbocycles. The van der Waals surface area contributed by atoms with Crippen molar-refractivity contribution in [3.63, 3.8) is 0 Å². The SMILES string of the molecule is C=C1/C=C\C/C=C\CN(c2cc(B(O)O)cc(-n3cc(/C=C(C)\C=C/C)c4ccccc43)c2)c2ccccc21.CC. The third-order valence-corrected chi connectivity index (χ3v) is 6.96. The molecule has 0 spiro atoms. The molecule has 0 radical (unpaired) electrons. The molecular weight excluding hydrogens is 503 g/mol. The maximum absolute atomic E-state index is 10.3. The summed E-state index contributed by atoms with van der Waals surface area (Å²) in [6, 6.07) is 22.3. The third kappa shape index (κ3) is 6.71. The summed E-state index contributed by atoms with van der Waals surface area (Å²) in [6.45, 7) is 13.0. The van der Waals surface area contributed by atoms with Gasteiger partial charge in [0.25, 0.3) is 0 Å². The lowest BCUT2D eigenvalue weighted by atomic mass is 9.79. The molecule has 5 heteroatoms. The van der Waals surface area contributed by atoms with Crippen molar-refractivity contribution >= 4 is 46.5 Å². The minimum absolute atomic E-state index is 0.430. The lowest BCUT2D eigenvalue weighted by Gasteiger charge is -2.28. The summed E-state index contributed by atoms with van der Waals surface area (Å²) in [5.74, 6) is 0. The van der Waals surface area contributed by atoms with Gasteiger partial charge < -0.3 is 19.5 Å². The summed E-state index contributed by atoms with van der Waals surface area (Å²) < 4.78 is 2.13. The fraction of sp³-hybridized carbons (Fsp3) is 0.167. The van der Waals surface area contributed by atoms with Crippen molar-refractivity contribution in [1.82, 2.24) is 4.57 Å². The minimum Gasteiger partial charge on any atom is -0.423 e. The van der Waals surface area contributed by atoms with Crippen LogP contribution in [-0.2, 0) is 0 Å².